The van der Waals surface area contributed by atoms with Gasteiger partial charge in [-0.2, -0.15) is 0 Å². The first-order valence-electron chi connectivity index (χ1n) is 8.83. The lowest BCUT2D eigenvalue weighted by atomic mass is 10.1. The van der Waals surface area contributed by atoms with Crippen molar-refractivity contribution in [3.05, 3.63) is 51.5 Å². The van der Waals surface area contributed by atoms with E-state index in [2.05, 4.69) is 15.6 Å². The van der Waals surface area contributed by atoms with Crippen molar-refractivity contribution in [3.8, 4) is 11.3 Å². The molecule has 0 aliphatic heterocycles. The van der Waals surface area contributed by atoms with E-state index in [1.54, 1.807) is 23.0 Å². The van der Waals surface area contributed by atoms with Crippen LogP contribution >= 0.6 is 34.5 Å². The first-order chi connectivity index (χ1) is 14.0. The number of rotatable bonds is 4. The minimum Gasteiger partial charge on any atom is -0.397 e. The second-order valence-corrected chi connectivity index (χ2v) is 8.59. The number of hydrogen-bond donors (Lipinski definition) is 2. The number of fused-ring (bicyclic) bond motifs is 1. The highest BCUT2D eigenvalue weighted by molar-refractivity contribution is 7.21. The average Bonchev–Trinajstić information content (AvgIpc) is 3.35. The number of hydrogen-bond acceptors (Lipinski definition) is 6. The SMILES string of the molecule is Nc1c(C(=O)Nc2c[n+](C3CC3)no2)sc2nc(-c3ccc(Cl)cc3Cl)ccc12. The summed E-state index contributed by atoms with van der Waals surface area (Å²) < 4.78 is 6.89. The van der Waals surface area contributed by atoms with Crippen LogP contribution in [0.5, 0.6) is 0 Å². The maximum atomic E-state index is 12.7. The molecule has 0 bridgehead atoms. The molecule has 0 saturated heterocycles. The van der Waals surface area contributed by atoms with Crippen LogP contribution in [0, 0.1) is 0 Å². The fraction of sp³-hybridized carbons (Fsp3) is 0.158. The molecule has 3 N–H and O–H groups in total. The number of anilines is 2. The minimum atomic E-state index is -0.365. The molecule has 0 spiro atoms. The van der Waals surface area contributed by atoms with E-state index in [9.17, 15) is 4.79 Å². The number of halogens is 2. The largest absolute Gasteiger partial charge is 0.397 e. The molecule has 7 nitrogen and oxygen atoms in total. The summed E-state index contributed by atoms with van der Waals surface area (Å²) in [6, 6.07) is 9.24. The second-order valence-electron chi connectivity index (χ2n) is 6.75. The van der Waals surface area contributed by atoms with Crippen molar-refractivity contribution < 1.29 is 14.0 Å². The maximum absolute atomic E-state index is 12.7. The maximum Gasteiger partial charge on any atom is 0.302 e. The van der Waals surface area contributed by atoms with Crippen LogP contribution in [-0.4, -0.2) is 16.2 Å². The van der Waals surface area contributed by atoms with Crippen LogP contribution < -0.4 is 15.7 Å². The molecule has 0 radical (unpaired) electrons. The van der Waals surface area contributed by atoms with E-state index in [1.807, 2.05) is 18.2 Å². The summed E-state index contributed by atoms with van der Waals surface area (Å²) in [4.78, 5) is 18.3. The summed E-state index contributed by atoms with van der Waals surface area (Å²) in [5, 5.41) is 8.38. The number of carbonyl (C=O) groups excluding carboxylic acids is 1. The van der Waals surface area contributed by atoms with Crippen LogP contribution in [-0.2, 0) is 0 Å². The van der Waals surface area contributed by atoms with Gasteiger partial charge < -0.3 is 5.73 Å². The summed E-state index contributed by atoms with van der Waals surface area (Å²) in [6.07, 6.45) is 3.82. The number of thiophene rings is 1. The molecule has 3 aromatic heterocycles. The monoisotopic (exact) mass is 446 g/mol. The number of nitrogen functional groups attached to an aromatic ring is 1. The van der Waals surface area contributed by atoms with Crippen LogP contribution in [0.1, 0.15) is 28.6 Å². The van der Waals surface area contributed by atoms with Crippen molar-refractivity contribution in [1.82, 2.24) is 10.3 Å². The lowest BCUT2D eigenvalue weighted by Gasteiger charge is -2.04. The Labute approximate surface area is 179 Å². The van der Waals surface area contributed by atoms with Gasteiger partial charge in [-0.1, -0.05) is 23.2 Å². The van der Waals surface area contributed by atoms with E-state index in [0.29, 0.717) is 42.6 Å². The van der Waals surface area contributed by atoms with E-state index in [4.69, 9.17) is 33.5 Å². The zero-order valence-electron chi connectivity index (χ0n) is 14.9. The van der Waals surface area contributed by atoms with Gasteiger partial charge in [-0.3, -0.25) is 14.6 Å². The Morgan fingerprint density at radius 1 is 1.28 bits per heavy atom. The van der Waals surface area contributed by atoms with Crippen LogP contribution in [0.4, 0.5) is 11.6 Å². The summed E-state index contributed by atoms with van der Waals surface area (Å²) in [5.74, 6) is -0.0870. The van der Waals surface area contributed by atoms with Crippen molar-refractivity contribution in [2.24, 2.45) is 0 Å². The van der Waals surface area contributed by atoms with Gasteiger partial charge in [0.1, 0.15) is 9.71 Å². The number of benzene rings is 1. The van der Waals surface area contributed by atoms with E-state index < -0.39 is 0 Å². The quantitative estimate of drug-likeness (QED) is 0.442. The van der Waals surface area contributed by atoms with Crippen molar-refractivity contribution in [3.63, 3.8) is 0 Å². The van der Waals surface area contributed by atoms with Gasteiger partial charge in [-0.15, -0.1) is 11.3 Å². The molecule has 3 heterocycles. The van der Waals surface area contributed by atoms with E-state index in [0.717, 1.165) is 18.4 Å². The highest BCUT2D eigenvalue weighted by Crippen LogP contribution is 2.36. The smallest absolute Gasteiger partial charge is 0.302 e. The summed E-state index contributed by atoms with van der Waals surface area (Å²) >= 11 is 13.5. The third-order valence-corrected chi connectivity index (χ3v) is 6.31. The molecule has 1 fully saturated rings. The first-order valence-corrected chi connectivity index (χ1v) is 10.4. The van der Waals surface area contributed by atoms with Gasteiger partial charge in [0.25, 0.3) is 12.1 Å². The first kappa shape index (κ1) is 18.4. The Morgan fingerprint density at radius 3 is 2.86 bits per heavy atom. The van der Waals surface area contributed by atoms with Crippen molar-refractivity contribution in [2.45, 2.75) is 18.9 Å². The molecule has 1 aliphatic rings. The topological polar surface area (TPSA) is 97.9 Å². The van der Waals surface area contributed by atoms with Gasteiger partial charge in [0, 0.05) is 28.8 Å². The molecule has 1 aromatic carbocycles. The normalized spacial score (nSPS) is 13.7. The van der Waals surface area contributed by atoms with Crippen LogP contribution in [0.25, 0.3) is 21.5 Å². The third kappa shape index (κ3) is 3.43. The molecule has 4 aromatic rings. The van der Waals surface area contributed by atoms with E-state index >= 15 is 0 Å². The molecule has 5 rings (SSSR count). The number of nitrogens with two attached hydrogens (primary N) is 1. The molecular formula is C19H14Cl2N5O2S+. The number of pyridine rings is 1. The lowest BCUT2D eigenvalue weighted by molar-refractivity contribution is -0.765. The minimum absolute atomic E-state index is 0.278. The summed E-state index contributed by atoms with van der Waals surface area (Å²) in [6.45, 7) is 0. The molecule has 1 amide bonds. The lowest BCUT2D eigenvalue weighted by Crippen LogP contribution is -2.32. The van der Waals surface area contributed by atoms with Gasteiger partial charge in [0.05, 0.1) is 16.4 Å². The molecule has 1 saturated carbocycles. The van der Waals surface area contributed by atoms with E-state index in [1.165, 1.54) is 11.3 Å². The van der Waals surface area contributed by atoms with Gasteiger partial charge in [0.15, 0.2) is 6.04 Å². The number of amides is 1. The standard InChI is InChI=1S/C19H13Cl2N5O2S/c20-9-1-4-11(13(21)7-9)14-6-5-12-16(22)17(29-19(12)23-14)18(27)24-15-8-26(25-28-15)10-2-3-10/h1,4-8,10H,2-3H2,(H2-,22,24,25,27)/p+1. The van der Waals surface area contributed by atoms with Gasteiger partial charge in [-0.25, -0.2) is 4.98 Å². The molecule has 146 valence electrons. The Kier molecular flexibility index (Phi) is 4.42. The molecule has 10 heteroatoms. The summed E-state index contributed by atoms with van der Waals surface area (Å²) in [5.41, 5.74) is 8.01. The predicted molar refractivity (Wildman–Crippen MR) is 112 cm³/mol. The van der Waals surface area contributed by atoms with Crippen molar-refractivity contribution in [2.75, 3.05) is 11.1 Å². The highest BCUT2D eigenvalue weighted by Gasteiger charge is 2.36. The highest BCUT2D eigenvalue weighted by atomic mass is 35.5. The third-order valence-electron chi connectivity index (χ3n) is 4.65. The molecule has 0 atom stereocenters. The van der Waals surface area contributed by atoms with Gasteiger partial charge >= 0.3 is 5.88 Å². The van der Waals surface area contributed by atoms with Gasteiger partial charge in [-0.05, 0) is 35.0 Å². The summed E-state index contributed by atoms with van der Waals surface area (Å²) in [7, 11) is 0. The average molecular weight is 447 g/mol. The van der Waals surface area contributed by atoms with Crippen molar-refractivity contribution >= 4 is 62.2 Å². The zero-order valence-corrected chi connectivity index (χ0v) is 17.2. The molecule has 1 aliphatic carbocycles. The Bertz CT molecular complexity index is 1260. The predicted octanol–water partition coefficient (Wildman–Crippen LogP) is 4.72. The molecule has 29 heavy (non-hydrogen) atoms. The second kappa shape index (κ2) is 6.98. The molecule has 0 unspecified atom stereocenters. The Morgan fingerprint density at radius 2 is 2.10 bits per heavy atom. The fourth-order valence-corrected chi connectivity index (χ4v) is 4.50. The van der Waals surface area contributed by atoms with Crippen LogP contribution in [0.3, 0.4) is 0 Å². The Balaban J connectivity index is 1.46. The zero-order chi connectivity index (χ0) is 20.1. The van der Waals surface area contributed by atoms with E-state index in [-0.39, 0.29) is 11.8 Å². The van der Waals surface area contributed by atoms with Crippen molar-refractivity contribution in [1.29, 1.82) is 0 Å². The fourth-order valence-electron chi connectivity index (χ4n) is 3.01. The Hall–Kier alpha value is -2.68. The number of nitrogens with one attached hydrogen (secondary N) is 1. The number of aromatic nitrogens is 3. The number of carbonyl (C=O) groups is 1. The van der Waals surface area contributed by atoms with Crippen LogP contribution in [0.15, 0.2) is 41.1 Å². The number of nitrogens with zero attached hydrogens (tertiary/aromatic N) is 3. The van der Waals surface area contributed by atoms with Crippen LogP contribution in [0.2, 0.25) is 10.0 Å². The molecular weight excluding hydrogens is 433 g/mol. The van der Waals surface area contributed by atoms with Gasteiger partial charge in [0.2, 0.25) is 5.27 Å².